The van der Waals surface area contributed by atoms with Crippen LogP contribution in [0.25, 0.3) is 0 Å². The van der Waals surface area contributed by atoms with Crippen molar-refractivity contribution in [2.75, 3.05) is 6.61 Å². The van der Waals surface area contributed by atoms with Crippen molar-refractivity contribution in [1.82, 2.24) is 4.98 Å². The molecule has 0 aliphatic heterocycles. The third kappa shape index (κ3) is 5.83. The number of Topliss-reactive ketones (excluding diaryl/α,β-unsaturated/α-hetero) is 1. The van der Waals surface area contributed by atoms with Crippen molar-refractivity contribution < 1.29 is 26.9 Å². The molecule has 10 heteroatoms. The molecular weight excluding hydrogens is 464 g/mol. The van der Waals surface area contributed by atoms with Crippen molar-refractivity contribution >= 4 is 33.2 Å². The summed E-state index contributed by atoms with van der Waals surface area (Å²) in [7, 11) is -4.05. The number of ketones is 1. The highest BCUT2D eigenvalue weighted by Gasteiger charge is 2.25. The Labute approximate surface area is 195 Å². The molecule has 0 N–H and O–H groups in total. The number of esters is 1. The van der Waals surface area contributed by atoms with Gasteiger partial charge in [0.05, 0.1) is 11.6 Å². The molecule has 1 heterocycles. The highest BCUT2D eigenvalue weighted by atomic mass is 32.2. The van der Waals surface area contributed by atoms with Gasteiger partial charge in [-0.3, -0.25) is 4.79 Å². The predicted molar refractivity (Wildman–Crippen MR) is 121 cm³/mol. The second-order valence-corrected chi connectivity index (χ2v) is 9.67. The second kappa shape index (κ2) is 9.94. The van der Waals surface area contributed by atoms with Crippen molar-refractivity contribution in [2.24, 2.45) is 0 Å². The van der Waals surface area contributed by atoms with Gasteiger partial charge in [-0.25, -0.2) is 9.78 Å². The molecule has 33 heavy (non-hydrogen) atoms. The fourth-order valence-corrected chi connectivity index (χ4v) is 4.98. The zero-order valence-electron chi connectivity index (χ0n) is 18.1. The SMILES string of the molecule is Cc1ccc(C)c(S(=O)(=O)Oc2ccc(C(=O)OCC(=O)C(C#N)c3nc(C)cs3)cc2)c1. The molecule has 3 aromatic rings. The van der Waals surface area contributed by atoms with E-state index < -0.39 is 34.4 Å². The van der Waals surface area contributed by atoms with E-state index in [9.17, 15) is 23.3 Å². The molecule has 0 fully saturated rings. The number of ether oxygens (including phenoxy) is 1. The first-order chi connectivity index (χ1) is 15.6. The first kappa shape index (κ1) is 24.1. The summed E-state index contributed by atoms with van der Waals surface area (Å²) in [5.41, 5.74) is 2.12. The molecule has 1 aromatic heterocycles. The largest absolute Gasteiger partial charge is 0.454 e. The summed E-state index contributed by atoms with van der Waals surface area (Å²) in [6.45, 7) is 4.61. The normalized spacial score (nSPS) is 11.9. The van der Waals surface area contributed by atoms with Crippen molar-refractivity contribution in [3.8, 4) is 11.8 Å². The molecule has 0 saturated heterocycles. The minimum Gasteiger partial charge on any atom is -0.454 e. The molecule has 0 spiro atoms. The average Bonchev–Trinajstić information content (AvgIpc) is 3.20. The van der Waals surface area contributed by atoms with Gasteiger partial charge in [0.15, 0.2) is 18.3 Å². The Kier molecular flexibility index (Phi) is 7.26. The number of thiazole rings is 1. The van der Waals surface area contributed by atoms with Gasteiger partial charge in [-0.15, -0.1) is 11.3 Å². The molecular formula is C23H20N2O6S2. The minimum atomic E-state index is -4.05. The molecule has 1 atom stereocenters. The van der Waals surface area contributed by atoms with Crippen LogP contribution in [0, 0.1) is 32.1 Å². The van der Waals surface area contributed by atoms with Crippen molar-refractivity contribution in [2.45, 2.75) is 31.6 Å². The maximum Gasteiger partial charge on any atom is 0.339 e. The number of nitrogens with zero attached hydrogens (tertiary/aromatic N) is 2. The second-order valence-electron chi connectivity index (χ2n) is 7.26. The first-order valence-electron chi connectivity index (χ1n) is 9.74. The Bertz CT molecular complexity index is 1340. The molecule has 0 bridgehead atoms. The van der Waals surface area contributed by atoms with Gasteiger partial charge in [-0.1, -0.05) is 12.1 Å². The molecule has 0 aliphatic rings. The van der Waals surface area contributed by atoms with E-state index in [4.69, 9.17) is 8.92 Å². The maximum atomic E-state index is 12.6. The lowest BCUT2D eigenvalue weighted by Crippen LogP contribution is -2.20. The van der Waals surface area contributed by atoms with Gasteiger partial charge in [-0.2, -0.15) is 13.7 Å². The van der Waals surface area contributed by atoms with Gasteiger partial charge in [0.25, 0.3) is 0 Å². The van der Waals surface area contributed by atoms with Crippen LogP contribution in [0.3, 0.4) is 0 Å². The number of rotatable bonds is 8. The van der Waals surface area contributed by atoms with Crippen molar-refractivity contribution in [1.29, 1.82) is 5.26 Å². The van der Waals surface area contributed by atoms with Crippen LogP contribution in [0.5, 0.6) is 5.75 Å². The molecule has 170 valence electrons. The van der Waals surface area contributed by atoms with E-state index in [-0.39, 0.29) is 16.2 Å². The molecule has 0 aliphatic carbocycles. The van der Waals surface area contributed by atoms with Crippen LogP contribution in [-0.2, 0) is 19.6 Å². The number of hydrogen-bond donors (Lipinski definition) is 0. The van der Waals surface area contributed by atoms with E-state index in [1.54, 1.807) is 38.3 Å². The topological polar surface area (TPSA) is 123 Å². The molecule has 8 nitrogen and oxygen atoms in total. The lowest BCUT2D eigenvalue weighted by atomic mass is 10.1. The van der Waals surface area contributed by atoms with E-state index in [2.05, 4.69) is 4.98 Å². The van der Waals surface area contributed by atoms with Crippen LogP contribution < -0.4 is 4.18 Å². The van der Waals surface area contributed by atoms with Gasteiger partial charge in [0.2, 0.25) is 0 Å². The summed E-state index contributed by atoms with van der Waals surface area (Å²) in [5.74, 6) is -2.46. The number of nitriles is 1. The molecule has 0 amide bonds. The van der Waals surface area contributed by atoms with Crippen LogP contribution in [0.4, 0.5) is 0 Å². The zero-order valence-corrected chi connectivity index (χ0v) is 19.7. The van der Waals surface area contributed by atoms with Crippen LogP contribution in [0.15, 0.2) is 52.7 Å². The first-order valence-corrected chi connectivity index (χ1v) is 12.0. The lowest BCUT2D eigenvalue weighted by Gasteiger charge is -2.11. The van der Waals surface area contributed by atoms with E-state index in [0.29, 0.717) is 16.3 Å². The van der Waals surface area contributed by atoms with E-state index in [1.807, 2.05) is 6.07 Å². The lowest BCUT2D eigenvalue weighted by molar-refractivity contribution is -0.122. The fourth-order valence-electron chi connectivity index (χ4n) is 2.87. The predicted octanol–water partition coefficient (Wildman–Crippen LogP) is 3.87. The maximum absolute atomic E-state index is 12.6. The number of carbonyl (C=O) groups is 2. The Morgan fingerprint density at radius 3 is 2.42 bits per heavy atom. The monoisotopic (exact) mass is 484 g/mol. The molecule has 2 aromatic carbocycles. The summed E-state index contributed by atoms with van der Waals surface area (Å²) >= 11 is 1.19. The highest BCUT2D eigenvalue weighted by molar-refractivity contribution is 7.87. The van der Waals surface area contributed by atoms with Crippen molar-refractivity contribution in [3.05, 3.63) is 75.2 Å². The van der Waals surface area contributed by atoms with Crippen LogP contribution in [-0.4, -0.2) is 31.8 Å². The van der Waals surface area contributed by atoms with Crippen LogP contribution in [0.2, 0.25) is 0 Å². The molecule has 0 saturated carbocycles. The number of aryl methyl sites for hydroxylation is 3. The van der Waals surface area contributed by atoms with Crippen molar-refractivity contribution in [3.63, 3.8) is 0 Å². The summed E-state index contributed by atoms with van der Waals surface area (Å²) in [5, 5.41) is 11.3. The van der Waals surface area contributed by atoms with E-state index in [1.165, 1.54) is 41.7 Å². The number of benzene rings is 2. The van der Waals surface area contributed by atoms with Crippen LogP contribution in [0.1, 0.15) is 38.1 Å². The third-order valence-electron chi connectivity index (χ3n) is 4.59. The van der Waals surface area contributed by atoms with Crippen LogP contribution >= 0.6 is 11.3 Å². The van der Waals surface area contributed by atoms with Gasteiger partial charge < -0.3 is 8.92 Å². The standard InChI is InChI=1S/C23H20N2O6S2/c1-14-4-5-15(2)21(10-14)33(28,29)31-18-8-6-17(7-9-18)23(27)30-12-20(26)19(11-24)22-25-16(3)13-32-22/h4-10,13,19H,12H2,1-3H3. The van der Waals surface area contributed by atoms with E-state index >= 15 is 0 Å². The van der Waals surface area contributed by atoms with Gasteiger partial charge in [0.1, 0.15) is 15.7 Å². The zero-order chi connectivity index (χ0) is 24.2. The number of carbonyl (C=O) groups excluding carboxylic acids is 2. The van der Waals surface area contributed by atoms with Gasteiger partial charge >= 0.3 is 16.1 Å². The van der Waals surface area contributed by atoms with Gasteiger partial charge in [-0.05, 0) is 62.2 Å². The summed E-state index contributed by atoms with van der Waals surface area (Å²) < 4.78 is 35.4. The Hall–Kier alpha value is -3.55. The Balaban J connectivity index is 1.64. The Morgan fingerprint density at radius 1 is 1.12 bits per heavy atom. The molecule has 0 radical (unpaired) electrons. The quantitative estimate of drug-likeness (QED) is 0.349. The fraction of sp³-hybridized carbons (Fsp3) is 0.217. The third-order valence-corrected chi connectivity index (χ3v) is 7.01. The number of aromatic nitrogens is 1. The summed E-state index contributed by atoms with van der Waals surface area (Å²) in [6, 6.07) is 12.2. The summed E-state index contributed by atoms with van der Waals surface area (Å²) in [6.07, 6.45) is 0. The molecule has 1 unspecified atom stereocenters. The molecule has 3 rings (SSSR count). The van der Waals surface area contributed by atoms with E-state index in [0.717, 1.165) is 5.56 Å². The highest BCUT2D eigenvalue weighted by Crippen LogP contribution is 2.23. The summed E-state index contributed by atoms with van der Waals surface area (Å²) in [4.78, 5) is 28.8. The average molecular weight is 485 g/mol. The smallest absolute Gasteiger partial charge is 0.339 e. The van der Waals surface area contributed by atoms with Gasteiger partial charge in [0, 0.05) is 11.1 Å². The Morgan fingerprint density at radius 2 is 1.82 bits per heavy atom. The number of hydrogen-bond acceptors (Lipinski definition) is 9. The minimum absolute atomic E-state index is 0.0206.